The first-order chi connectivity index (χ1) is 11.7. The average Bonchev–Trinajstić information content (AvgIpc) is 2.79. The van der Waals surface area contributed by atoms with E-state index in [0.29, 0.717) is 29.3 Å². The molecular formula is C18H20N2O4S. The second-order valence-electron chi connectivity index (χ2n) is 6.35. The van der Waals surface area contributed by atoms with Gasteiger partial charge in [0.1, 0.15) is 5.75 Å². The highest BCUT2D eigenvalue weighted by Crippen LogP contribution is 2.38. The second-order valence-corrected chi connectivity index (χ2v) is 8.03. The van der Waals surface area contributed by atoms with Gasteiger partial charge in [-0.05, 0) is 68.8 Å². The largest absolute Gasteiger partial charge is 0.494 e. The first kappa shape index (κ1) is 17.3. The minimum atomic E-state index is -3.76. The molecule has 25 heavy (non-hydrogen) atoms. The number of nitrogens with one attached hydrogen (secondary N) is 2. The summed E-state index contributed by atoms with van der Waals surface area (Å²) in [6.45, 7) is 5.96. The molecule has 3 rings (SSSR count). The van der Waals surface area contributed by atoms with E-state index in [1.807, 2.05) is 6.92 Å². The zero-order valence-electron chi connectivity index (χ0n) is 14.3. The number of rotatable bonds is 5. The van der Waals surface area contributed by atoms with Crippen LogP contribution in [0.1, 0.15) is 26.3 Å². The molecule has 2 aromatic rings. The van der Waals surface area contributed by atoms with Crippen LogP contribution in [0.25, 0.3) is 0 Å². The Labute approximate surface area is 147 Å². The molecule has 0 aromatic heterocycles. The summed E-state index contributed by atoms with van der Waals surface area (Å²) in [5, 5.41) is 2.77. The van der Waals surface area contributed by atoms with Gasteiger partial charge >= 0.3 is 0 Å². The van der Waals surface area contributed by atoms with E-state index in [9.17, 15) is 13.2 Å². The van der Waals surface area contributed by atoms with Crippen molar-refractivity contribution in [2.24, 2.45) is 0 Å². The molecule has 0 saturated heterocycles. The fourth-order valence-corrected chi connectivity index (χ4v) is 3.80. The van der Waals surface area contributed by atoms with Gasteiger partial charge in [-0.3, -0.25) is 9.52 Å². The normalized spacial score (nSPS) is 15.4. The fraction of sp³-hybridized carbons (Fsp3) is 0.278. The van der Waals surface area contributed by atoms with E-state index in [1.54, 1.807) is 50.2 Å². The number of carbonyl (C=O) groups excluding carboxylic acids is 1. The van der Waals surface area contributed by atoms with Gasteiger partial charge in [0.2, 0.25) is 5.91 Å². The van der Waals surface area contributed by atoms with E-state index in [1.165, 1.54) is 6.07 Å². The van der Waals surface area contributed by atoms with Crippen LogP contribution in [0.15, 0.2) is 47.4 Å². The maximum atomic E-state index is 12.7. The van der Waals surface area contributed by atoms with Gasteiger partial charge in [0, 0.05) is 11.4 Å². The Morgan fingerprint density at radius 3 is 2.44 bits per heavy atom. The molecule has 6 nitrogen and oxygen atoms in total. The Morgan fingerprint density at radius 2 is 1.80 bits per heavy atom. The summed E-state index contributed by atoms with van der Waals surface area (Å²) in [7, 11) is -3.76. The van der Waals surface area contributed by atoms with Gasteiger partial charge in [-0.1, -0.05) is 0 Å². The van der Waals surface area contributed by atoms with Gasteiger partial charge < -0.3 is 10.1 Å². The van der Waals surface area contributed by atoms with E-state index < -0.39 is 15.4 Å². The summed E-state index contributed by atoms with van der Waals surface area (Å²) in [4.78, 5) is 12.1. The molecule has 0 aliphatic carbocycles. The lowest BCUT2D eigenvalue weighted by molar-refractivity contribution is -0.119. The summed E-state index contributed by atoms with van der Waals surface area (Å²) in [5.41, 5.74) is 1.000. The zero-order chi connectivity index (χ0) is 18.2. The summed E-state index contributed by atoms with van der Waals surface area (Å²) >= 11 is 0. The first-order valence-electron chi connectivity index (χ1n) is 7.96. The Balaban J connectivity index is 1.89. The minimum absolute atomic E-state index is 0.115. The van der Waals surface area contributed by atoms with Crippen LogP contribution >= 0.6 is 0 Å². The van der Waals surface area contributed by atoms with Crippen LogP contribution in [-0.2, 0) is 20.2 Å². The average molecular weight is 360 g/mol. The zero-order valence-corrected chi connectivity index (χ0v) is 15.1. The number of hydrogen-bond acceptors (Lipinski definition) is 4. The topological polar surface area (TPSA) is 84.5 Å². The summed E-state index contributed by atoms with van der Waals surface area (Å²) < 4.78 is 33.2. The molecule has 0 spiro atoms. The third-order valence-corrected chi connectivity index (χ3v) is 5.59. The Hall–Kier alpha value is -2.54. The van der Waals surface area contributed by atoms with Gasteiger partial charge in [-0.25, -0.2) is 8.42 Å². The maximum Gasteiger partial charge on any atom is 0.261 e. The van der Waals surface area contributed by atoms with Crippen molar-refractivity contribution in [1.82, 2.24) is 0 Å². The van der Waals surface area contributed by atoms with Crippen molar-refractivity contribution in [1.29, 1.82) is 0 Å². The van der Waals surface area contributed by atoms with Crippen molar-refractivity contribution in [3.05, 3.63) is 48.0 Å². The van der Waals surface area contributed by atoms with Crippen LogP contribution in [0.2, 0.25) is 0 Å². The van der Waals surface area contributed by atoms with E-state index in [2.05, 4.69) is 10.0 Å². The molecule has 132 valence electrons. The molecule has 1 aliphatic heterocycles. The smallest absolute Gasteiger partial charge is 0.261 e. The number of amides is 1. The van der Waals surface area contributed by atoms with Gasteiger partial charge in [-0.2, -0.15) is 0 Å². The molecular weight excluding hydrogens is 340 g/mol. The van der Waals surface area contributed by atoms with E-state index in [-0.39, 0.29) is 10.8 Å². The molecule has 0 fully saturated rings. The van der Waals surface area contributed by atoms with Gasteiger partial charge in [-0.15, -0.1) is 0 Å². The molecule has 1 amide bonds. The number of carbonyl (C=O) groups is 1. The standard InChI is InChI=1S/C18H20N2O4S/c1-4-24-13-7-5-12(6-8-13)20-25(22,23)14-9-10-16-15(11-14)18(2,3)17(21)19-16/h5-11,20H,4H2,1-3H3,(H,19,21). The molecule has 1 heterocycles. The molecule has 0 atom stereocenters. The van der Waals surface area contributed by atoms with Crippen molar-refractivity contribution in [3.63, 3.8) is 0 Å². The minimum Gasteiger partial charge on any atom is -0.494 e. The molecule has 0 saturated carbocycles. The highest BCUT2D eigenvalue weighted by Gasteiger charge is 2.39. The van der Waals surface area contributed by atoms with Crippen LogP contribution < -0.4 is 14.8 Å². The summed E-state index contributed by atoms with van der Waals surface area (Å²) in [5.74, 6) is 0.533. The van der Waals surface area contributed by atoms with Crippen molar-refractivity contribution in [2.45, 2.75) is 31.1 Å². The number of anilines is 2. The number of benzene rings is 2. The molecule has 7 heteroatoms. The van der Waals surface area contributed by atoms with Crippen LogP contribution in [0.3, 0.4) is 0 Å². The van der Waals surface area contributed by atoms with Crippen molar-refractivity contribution >= 4 is 27.3 Å². The molecule has 2 N–H and O–H groups in total. The number of hydrogen-bond donors (Lipinski definition) is 2. The number of sulfonamides is 1. The second kappa shape index (κ2) is 6.07. The predicted molar refractivity (Wildman–Crippen MR) is 96.5 cm³/mol. The van der Waals surface area contributed by atoms with Gasteiger partial charge in [0.25, 0.3) is 10.0 Å². The monoisotopic (exact) mass is 360 g/mol. The van der Waals surface area contributed by atoms with Crippen LogP contribution in [0.5, 0.6) is 5.75 Å². The van der Waals surface area contributed by atoms with Crippen LogP contribution in [0, 0.1) is 0 Å². The SMILES string of the molecule is CCOc1ccc(NS(=O)(=O)c2ccc3c(c2)C(C)(C)C(=O)N3)cc1. The van der Waals surface area contributed by atoms with Crippen molar-refractivity contribution in [2.75, 3.05) is 16.6 Å². The lowest BCUT2D eigenvalue weighted by Gasteiger charge is -2.16. The number of ether oxygens (including phenoxy) is 1. The van der Waals surface area contributed by atoms with Crippen LogP contribution in [-0.4, -0.2) is 20.9 Å². The fourth-order valence-electron chi connectivity index (χ4n) is 2.72. The molecule has 0 bridgehead atoms. The number of fused-ring (bicyclic) bond motifs is 1. The molecule has 0 unspecified atom stereocenters. The highest BCUT2D eigenvalue weighted by atomic mass is 32.2. The Bertz CT molecular complexity index is 919. The van der Waals surface area contributed by atoms with Gasteiger partial charge in [0.05, 0.1) is 16.9 Å². The molecule has 0 radical (unpaired) electrons. The molecule has 2 aromatic carbocycles. The third-order valence-electron chi connectivity index (χ3n) is 4.21. The Kier molecular flexibility index (Phi) is 4.20. The quantitative estimate of drug-likeness (QED) is 0.858. The Morgan fingerprint density at radius 1 is 1.12 bits per heavy atom. The first-order valence-corrected chi connectivity index (χ1v) is 9.44. The van der Waals surface area contributed by atoms with E-state index in [4.69, 9.17) is 4.74 Å². The summed E-state index contributed by atoms with van der Waals surface area (Å²) in [6, 6.07) is 11.3. The van der Waals surface area contributed by atoms with E-state index >= 15 is 0 Å². The summed E-state index contributed by atoms with van der Waals surface area (Å²) in [6.07, 6.45) is 0. The van der Waals surface area contributed by atoms with Gasteiger partial charge in [0.15, 0.2) is 0 Å². The lowest BCUT2D eigenvalue weighted by Crippen LogP contribution is -2.27. The highest BCUT2D eigenvalue weighted by molar-refractivity contribution is 7.92. The maximum absolute atomic E-state index is 12.7. The van der Waals surface area contributed by atoms with Crippen molar-refractivity contribution < 1.29 is 17.9 Å². The van der Waals surface area contributed by atoms with E-state index in [0.717, 1.165) is 0 Å². The van der Waals surface area contributed by atoms with Crippen molar-refractivity contribution in [3.8, 4) is 5.75 Å². The predicted octanol–water partition coefficient (Wildman–Crippen LogP) is 3.12. The third kappa shape index (κ3) is 3.19. The lowest BCUT2D eigenvalue weighted by atomic mass is 9.86. The van der Waals surface area contributed by atoms with Crippen LogP contribution in [0.4, 0.5) is 11.4 Å². The molecule has 1 aliphatic rings.